The number of hydrogen-bond donors (Lipinski definition) is 1. The summed E-state index contributed by atoms with van der Waals surface area (Å²) in [4.78, 5) is 4.83. The number of nitrogens with one attached hydrogen (secondary N) is 1. The number of aromatic nitrogens is 4. The van der Waals surface area contributed by atoms with Crippen LogP contribution in [0.2, 0.25) is 0 Å². The molecule has 2 heterocycles. The molecule has 124 valence electrons. The first-order chi connectivity index (χ1) is 11.8. The second-order valence-corrected chi connectivity index (χ2v) is 6.68. The molecule has 1 N–H and O–H groups in total. The van der Waals surface area contributed by atoms with Gasteiger partial charge in [-0.05, 0) is 31.9 Å². The molecular formula is C19H23N5. The van der Waals surface area contributed by atoms with Crippen molar-refractivity contribution in [1.82, 2.24) is 19.6 Å². The third-order valence-corrected chi connectivity index (χ3v) is 4.89. The van der Waals surface area contributed by atoms with Gasteiger partial charge in [0.15, 0.2) is 5.65 Å². The summed E-state index contributed by atoms with van der Waals surface area (Å²) in [6.45, 7) is 6.56. The summed E-state index contributed by atoms with van der Waals surface area (Å²) >= 11 is 0. The van der Waals surface area contributed by atoms with Crippen LogP contribution in [0.25, 0.3) is 16.6 Å². The van der Waals surface area contributed by atoms with Gasteiger partial charge in [0.1, 0.15) is 5.82 Å². The summed E-state index contributed by atoms with van der Waals surface area (Å²) in [6.07, 6.45) is 8.10. The molecule has 0 unspecified atom stereocenters. The first kappa shape index (κ1) is 15.1. The van der Waals surface area contributed by atoms with E-state index in [9.17, 15) is 0 Å². The number of anilines is 1. The molecule has 0 spiro atoms. The molecular weight excluding hydrogens is 298 g/mol. The Morgan fingerprint density at radius 1 is 1.25 bits per heavy atom. The normalized spacial score (nSPS) is 15.9. The summed E-state index contributed by atoms with van der Waals surface area (Å²) in [5, 5.41) is 13.5. The van der Waals surface area contributed by atoms with Crippen LogP contribution >= 0.6 is 0 Å². The number of rotatable bonds is 4. The Bertz CT molecular complexity index is 890. The van der Waals surface area contributed by atoms with E-state index in [1.165, 1.54) is 37.7 Å². The summed E-state index contributed by atoms with van der Waals surface area (Å²) in [5.74, 6) is 2.33. The smallest absolute Gasteiger partial charge is 0.211 e. The lowest BCUT2D eigenvalue weighted by atomic mass is 9.89. The van der Waals surface area contributed by atoms with Crippen LogP contribution in [0, 0.1) is 6.92 Å². The van der Waals surface area contributed by atoms with E-state index in [2.05, 4.69) is 51.6 Å². The van der Waals surface area contributed by atoms with Crippen molar-refractivity contribution >= 4 is 22.5 Å². The molecule has 0 aliphatic heterocycles. The van der Waals surface area contributed by atoms with Crippen molar-refractivity contribution in [3.63, 3.8) is 0 Å². The molecule has 0 amide bonds. The number of fused-ring (bicyclic) bond motifs is 3. The molecule has 2 aromatic heterocycles. The minimum atomic E-state index is 0.474. The maximum Gasteiger partial charge on any atom is 0.211 e. The standard InChI is InChI=1S/C19H23N5/c1-3-11-20-19-21-16-10-9-13(2)12-15(16)18-23-22-17(24(18)19)14-7-5-4-6-8-14/h3,9-10,12,14H,1,4-8,11H2,2H3,(H,20,21). The van der Waals surface area contributed by atoms with Crippen LogP contribution in [-0.4, -0.2) is 26.1 Å². The maximum atomic E-state index is 4.83. The average Bonchev–Trinajstić information content (AvgIpc) is 3.06. The number of hydrogen-bond acceptors (Lipinski definition) is 4. The van der Waals surface area contributed by atoms with Crippen LogP contribution in [-0.2, 0) is 0 Å². The van der Waals surface area contributed by atoms with Crippen molar-refractivity contribution in [3.05, 3.63) is 42.2 Å². The quantitative estimate of drug-likeness (QED) is 0.731. The Morgan fingerprint density at radius 3 is 2.88 bits per heavy atom. The highest BCUT2D eigenvalue weighted by Crippen LogP contribution is 2.34. The van der Waals surface area contributed by atoms with Crippen LogP contribution in [0.3, 0.4) is 0 Å². The maximum absolute atomic E-state index is 4.83. The number of aryl methyl sites for hydroxylation is 1. The monoisotopic (exact) mass is 321 g/mol. The SMILES string of the molecule is C=CCNc1nc2ccc(C)cc2c2nnc(C3CCCCC3)n12. The summed E-state index contributed by atoms with van der Waals surface area (Å²) in [6, 6.07) is 6.29. The predicted molar refractivity (Wildman–Crippen MR) is 97.5 cm³/mol. The summed E-state index contributed by atoms with van der Waals surface area (Å²) in [5.41, 5.74) is 3.05. The van der Waals surface area contributed by atoms with E-state index >= 15 is 0 Å². The largest absolute Gasteiger partial charge is 0.352 e. The fourth-order valence-electron chi connectivity index (χ4n) is 3.68. The van der Waals surface area contributed by atoms with Crippen LogP contribution < -0.4 is 5.32 Å². The van der Waals surface area contributed by atoms with Gasteiger partial charge in [-0.25, -0.2) is 9.38 Å². The average molecular weight is 321 g/mol. The number of benzene rings is 1. The second kappa shape index (κ2) is 6.23. The second-order valence-electron chi connectivity index (χ2n) is 6.68. The Labute approximate surface area is 141 Å². The zero-order chi connectivity index (χ0) is 16.5. The molecule has 1 saturated carbocycles. The molecule has 1 aromatic carbocycles. The molecule has 5 nitrogen and oxygen atoms in total. The highest BCUT2D eigenvalue weighted by molar-refractivity contribution is 5.93. The van der Waals surface area contributed by atoms with Gasteiger partial charge in [0.25, 0.3) is 0 Å². The van der Waals surface area contributed by atoms with E-state index in [1.807, 2.05) is 6.08 Å². The van der Waals surface area contributed by atoms with Gasteiger partial charge >= 0.3 is 0 Å². The lowest BCUT2D eigenvalue weighted by Gasteiger charge is -2.21. The fourth-order valence-corrected chi connectivity index (χ4v) is 3.68. The number of nitrogens with zero attached hydrogens (tertiary/aromatic N) is 4. The van der Waals surface area contributed by atoms with Gasteiger partial charge in [-0.3, -0.25) is 0 Å². The molecule has 0 atom stereocenters. The van der Waals surface area contributed by atoms with Crippen molar-refractivity contribution in [3.8, 4) is 0 Å². The molecule has 3 aromatic rings. The van der Waals surface area contributed by atoms with Crippen molar-refractivity contribution in [2.24, 2.45) is 0 Å². The Kier molecular flexibility index (Phi) is 3.92. The fraction of sp³-hybridized carbons (Fsp3) is 0.421. The first-order valence-electron chi connectivity index (χ1n) is 8.78. The molecule has 1 fully saturated rings. The molecule has 0 radical (unpaired) electrons. The van der Waals surface area contributed by atoms with E-state index in [-0.39, 0.29) is 0 Å². The van der Waals surface area contributed by atoms with Gasteiger partial charge in [0, 0.05) is 17.8 Å². The molecule has 5 heteroatoms. The lowest BCUT2D eigenvalue weighted by molar-refractivity contribution is 0.426. The van der Waals surface area contributed by atoms with Crippen LogP contribution in [0.15, 0.2) is 30.9 Å². The van der Waals surface area contributed by atoms with Gasteiger partial charge in [-0.15, -0.1) is 16.8 Å². The lowest BCUT2D eigenvalue weighted by Crippen LogP contribution is -2.13. The van der Waals surface area contributed by atoms with Gasteiger partial charge < -0.3 is 5.32 Å². The summed E-state index contributed by atoms with van der Waals surface area (Å²) in [7, 11) is 0. The highest BCUT2D eigenvalue weighted by atomic mass is 15.3. The van der Waals surface area contributed by atoms with E-state index in [1.54, 1.807) is 0 Å². The topological polar surface area (TPSA) is 55.1 Å². The van der Waals surface area contributed by atoms with Gasteiger partial charge in [0.2, 0.25) is 5.95 Å². The Hall–Kier alpha value is -2.43. The molecule has 0 saturated heterocycles. The van der Waals surface area contributed by atoms with Gasteiger partial charge in [-0.1, -0.05) is 37.0 Å². The molecule has 1 aliphatic rings. The third-order valence-electron chi connectivity index (χ3n) is 4.89. The van der Waals surface area contributed by atoms with E-state index in [0.29, 0.717) is 12.5 Å². The van der Waals surface area contributed by atoms with Crippen molar-refractivity contribution in [2.75, 3.05) is 11.9 Å². The van der Waals surface area contributed by atoms with Crippen molar-refractivity contribution in [2.45, 2.75) is 44.9 Å². The Morgan fingerprint density at radius 2 is 2.08 bits per heavy atom. The molecule has 0 bridgehead atoms. The first-order valence-corrected chi connectivity index (χ1v) is 8.78. The van der Waals surface area contributed by atoms with Crippen LogP contribution in [0.4, 0.5) is 5.95 Å². The van der Waals surface area contributed by atoms with Crippen LogP contribution in [0.1, 0.15) is 49.4 Å². The van der Waals surface area contributed by atoms with Crippen molar-refractivity contribution in [1.29, 1.82) is 0 Å². The van der Waals surface area contributed by atoms with E-state index in [4.69, 9.17) is 4.98 Å². The van der Waals surface area contributed by atoms with Gasteiger partial charge in [-0.2, -0.15) is 0 Å². The van der Waals surface area contributed by atoms with E-state index < -0.39 is 0 Å². The minimum absolute atomic E-state index is 0.474. The van der Waals surface area contributed by atoms with Crippen LogP contribution in [0.5, 0.6) is 0 Å². The Balaban J connectivity index is 1.95. The minimum Gasteiger partial charge on any atom is -0.352 e. The summed E-state index contributed by atoms with van der Waals surface area (Å²) < 4.78 is 2.13. The van der Waals surface area contributed by atoms with Crippen molar-refractivity contribution < 1.29 is 0 Å². The molecule has 1 aliphatic carbocycles. The van der Waals surface area contributed by atoms with Gasteiger partial charge in [0.05, 0.1) is 5.52 Å². The molecule has 24 heavy (non-hydrogen) atoms. The zero-order valence-corrected chi connectivity index (χ0v) is 14.1. The molecule has 4 rings (SSSR count). The van der Waals surface area contributed by atoms with E-state index in [0.717, 1.165) is 28.3 Å². The zero-order valence-electron chi connectivity index (χ0n) is 14.1. The third kappa shape index (κ3) is 2.54. The highest BCUT2D eigenvalue weighted by Gasteiger charge is 2.23. The predicted octanol–water partition coefficient (Wildman–Crippen LogP) is 4.23.